The van der Waals surface area contributed by atoms with E-state index in [1.807, 2.05) is 0 Å². The molecule has 0 saturated heterocycles. The van der Waals surface area contributed by atoms with Gasteiger partial charge in [0, 0.05) is 39.1 Å². The van der Waals surface area contributed by atoms with E-state index in [0.717, 1.165) is 67.5 Å². The summed E-state index contributed by atoms with van der Waals surface area (Å²) in [5.74, 6) is 1.64. The van der Waals surface area contributed by atoms with E-state index in [1.54, 1.807) is 0 Å². The van der Waals surface area contributed by atoms with Crippen LogP contribution in [-0.2, 0) is 0 Å². The Morgan fingerprint density at radius 2 is 0.582 bits per heavy atom. The number of anilines is 6. The van der Waals surface area contributed by atoms with Crippen LogP contribution >= 0.6 is 0 Å². The highest BCUT2D eigenvalue weighted by atomic mass is 16.5. The lowest BCUT2D eigenvalue weighted by molar-refractivity contribution is 0.488. The lowest BCUT2D eigenvalue weighted by Crippen LogP contribution is -2.13. The van der Waals surface area contributed by atoms with Gasteiger partial charge < -0.3 is 14.5 Å². The smallest absolute Gasteiger partial charge is 0.159 e. The standard InChI is InChI=1S/C64H44N2O/c1-5-15-45(16-6-1)49-27-35-53(36-28-49)65(54-37-29-50(30-38-54)46-17-7-2-8-18-46)60-43-44-62-63-57(23-13-25-59(60)63)58-24-14-26-61(64(58)67-62)66(55-39-31-51(32-40-55)47-19-9-3-10-20-47)56-41-33-52(34-42-56)48-21-11-4-12-22-48/h1-44H. The molecule has 0 bridgehead atoms. The van der Waals surface area contributed by atoms with E-state index in [9.17, 15) is 0 Å². The van der Waals surface area contributed by atoms with Crippen LogP contribution in [-0.4, -0.2) is 0 Å². The number of rotatable bonds is 10. The Morgan fingerprint density at radius 1 is 0.239 bits per heavy atom. The van der Waals surface area contributed by atoms with E-state index < -0.39 is 0 Å². The molecule has 316 valence electrons. The fraction of sp³-hybridized carbons (Fsp3) is 0. The van der Waals surface area contributed by atoms with Crippen LogP contribution in [0.2, 0.25) is 0 Å². The first-order valence-corrected chi connectivity index (χ1v) is 22.8. The summed E-state index contributed by atoms with van der Waals surface area (Å²) >= 11 is 0. The molecule has 0 saturated carbocycles. The first-order valence-electron chi connectivity index (χ1n) is 22.8. The van der Waals surface area contributed by atoms with Gasteiger partial charge in [-0.3, -0.25) is 0 Å². The summed E-state index contributed by atoms with van der Waals surface area (Å²) < 4.78 is 7.21. The van der Waals surface area contributed by atoms with Crippen LogP contribution in [0.1, 0.15) is 0 Å². The normalized spacial score (nSPS) is 11.4. The Labute approximate surface area is 391 Å². The molecule has 0 radical (unpaired) electrons. The summed E-state index contributed by atoms with van der Waals surface area (Å²) in [4.78, 5) is 4.69. The molecular formula is C64H44N2O. The zero-order chi connectivity index (χ0) is 44.5. The predicted molar refractivity (Wildman–Crippen MR) is 281 cm³/mol. The van der Waals surface area contributed by atoms with Gasteiger partial charge in [-0.05, 0) is 117 Å². The van der Waals surface area contributed by atoms with E-state index in [0.29, 0.717) is 0 Å². The molecule has 1 heterocycles. The Bertz CT molecular complexity index is 3320. The average Bonchev–Trinajstić information content (AvgIpc) is 3.41. The van der Waals surface area contributed by atoms with Crippen molar-refractivity contribution in [1.82, 2.24) is 0 Å². The van der Waals surface area contributed by atoms with Crippen molar-refractivity contribution in [3.05, 3.63) is 267 Å². The quantitative estimate of drug-likeness (QED) is 0.136. The summed E-state index contributed by atoms with van der Waals surface area (Å²) in [5, 5.41) is 2.19. The first kappa shape index (κ1) is 39.7. The minimum atomic E-state index is 0.819. The molecule has 3 nitrogen and oxygen atoms in total. The van der Waals surface area contributed by atoms with Gasteiger partial charge in [0.2, 0.25) is 0 Å². The number of benzene rings is 11. The van der Waals surface area contributed by atoms with Crippen molar-refractivity contribution in [3.63, 3.8) is 0 Å². The minimum absolute atomic E-state index is 0.819. The number of para-hydroxylation sites is 1. The van der Waals surface area contributed by atoms with Crippen molar-refractivity contribution in [2.45, 2.75) is 0 Å². The molecule has 0 aliphatic carbocycles. The molecule has 0 aromatic heterocycles. The topological polar surface area (TPSA) is 15.7 Å². The Balaban J connectivity index is 0.983. The molecule has 1 aliphatic heterocycles. The van der Waals surface area contributed by atoms with Crippen molar-refractivity contribution < 1.29 is 4.74 Å². The Morgan fingerprint density at radius 3 is 0.985 bits per heavy atom. The fourth-order valence-corrected chi connectivity index (χ4v) is 9.58. The van der Waals surface area contributed by atoms with Crippen molar-refractivity contribution in [2.75, 3.05) is 9.80 Å². The SMILES string of the molecule is c1ccc(-c2ccc(N(c3ccc(-c4ccccc4)cc3)c3cccc4c3Oc3ccc(N(c5ccc(-c6ccccc6)cc5)c5ccc(-c6ccccc6)cc5)c5cccc-4c35)cc2)cc1. The molecule has 3 heteroatoms. The number of fused-ring (bicyclic) bond motifs is 2. The summed E-state index contributed by atoms with van der Waals surface area (Å²) in [6.07, 6.45) is 0. The minimum Gasteiger partial charge on any atom is -0.454 e. The van der Waals surface area contributed by atoms with Gasteiger partial charge in [0.15, 0.2) is 5.75 Å². The Hall–Kier alpha value is -8.92. The lowest BCUT2D eigenvalue weighted by Gasteiger charge is -2.32. The van der Waals surface area contributed by atoms with Gasteiger partial charge in [-0.1, -0.05) is 200 Å². The lowest BCUT2D eigenvalue weighted by atomic mass is 9.92. The number of hydrogen-bond acceptors (Lipinski definition) is 3. The number of hydrogen-bond donors (Lipinski definition) is 0. The van der Waals surface area contributed by atoms with Gasteiger partial charge in [0.05, 0.1) is 11.4 Å². The number of nitrogens with zero attached hydrogens (tertiary/aromatic N) is 2. The van der Waals surface area contributed by atoms with Crippen molar-refractivity contribution in [3.8, 4) is 67.1 Å². The van der Waals surface area contributed by atoms with Crippen molar-refractivity contribution >= 4 is 44.9 Å². The van der Waals surface area contributed by atoms with Gasteiger partial charge >= 0.3 is 0 Å². The van der Waals surface area contributed by atoms with Gasteiger partial charge in [0.1, 0.15) is 5.75 Å². The molecule has 1 aliphatic rings. The molecule has 11 aromatic carbocycles. The van der Waals surface area contributed by atoms with Crippen LogP contribution in [0, 0.1) is 0 Å². The van der Waals surface area contributed by atoms with Crippen LogP contribution in [0.5, 0.6) is 11.5 Å². The highest BCUT2D eigenvalue weighted by Crippen LogP contribution is 2.55. The third kappa shape index (κ3) is 7.49. The number of ether oxygens (including phenoxy) is 1. The fourth-order valence-electron chi connectivity index (χ4n) is 9.58. The van der Waals surface area contributed by atoms with E-state index in [1.165, 1.54) is 44.5 Å². The highest BCUT2D eigenvalue weighted by Gasteiger charge is 2.28. The molecular weight excluding hydrogens is 813 g/mol. The highest BCUT2D eigenvalue weighted by molar-refractivity contribution is 6.11. The van der Waals surface area contributed by atoms with Gasteiger partial charge in [-0.25, -0.2) is 0 Å². The van der Waals surface area contributed by atoms with E-state index in [4.69, 9.17) is 4.74 Å². The molecule has 67 heavy (non-hydrogen) atoms. The maximum Gasteiger partial charge on any atom is 0.159 e. The van der Waals surface area contributed by atoms with E-state index in [2.05, 4.69) is 277 Å². The van der Waals surface area contributed by atoms with Crippen LogP contribution in [0.4, 0.5) is 34.1 Å². The third-order valence-corrected chi connectivity index (χ3v) is 12.9. The van der Waals surface area contributed by atoms with E-state index >= 15 is 0 Å². The molecule has 12 rings (SSSR count). The predicted octanol–water partition coefficient (Wildman–Crippen LogP) is 18.2. The maximum atomic E-state index is 7.21. The van der Waals surface area contributed by atoms with Gasteiger partial charge in [-0.2, -0.15) is 0 Å². The van der Waals surface area contributed by atoms with E-state index in [-0.39, 0.29) is 0 Å². The average molecular weight is 857 g/mol. The zero-order valence-electron chi connectivity index (χ0n) is 36.7. The molecule has 0 atom stereocenters. The summed E-state index contributed by atoms with van der Waals surface area (Å²) in [6, 6.07) is 95.2. The summed E-state index contributed by atoms with van der Waals surface area (Å²) in [5.41, 5.74) is 17.9. The molecule has 0 fully saturated rings. The van der Waals surface area contributed by atoms with Gasteiger partial charge in [-0.15, -0.1) is 0 Å². The van der Waals surface area contributed by atoms with Crippen LogP contribution in [0.3, 0.4) is 0 Å². The Kier molecular flexibility index (Phi) is 10.2. The zero-order valence-corrected chi connectivity index (χ0v) is 36.7. The molecule has 11 aromatic rings. The molecule has 0 N–H and O–H groups in total. The molecule has 0 unspecified atom stereocenters. The summed E-state index contributed by atoms with van der Waals surface area (Å²) in [6.45, 7) is 0. The monoisotopic (exact) mass is 856 g/mol. The van der Waals surface area contributed by atoms with Crippen LogP contribution in [0.15, 0.2) is 267 Å². The second-order valence-electron chi connectivity index (χ2n) is 16.9. The second-order valence-corrected chi connectivity index (χ2v) is 16.9. The third-order valence-electron chi connectivity index (χ3n) is 12.9. The van der Waals surface area contributed by atoms with Crippen molar-refractivity contribution in [2.24, 2.45) is 0 Å². The second kappa shape index (κ2) is 17.2. The maximum absolute atomic E-state index is 7.21. The molecule has 0 amide bonds. The van der Waals surface area contributed by atoms with Gasteiger partial charge in [0.25, 0.3) is 0 Å². The van der Waals surface area contributed by atoms with Crippen LogP contribution in [0.25, 0.3) is 66.4 Å². The summed E-state index contributed by atoms with van der Waals surface area (Å²) in [7, 11) is 0. The first-order chi connectivity index (χ1) is 33.2. The largest absolute Gasteiger partial charge is 0.454 e. The van der Waals surface area contributed by atoms with Crippen LogP contribution < -0.4 is 14.5 Å². The molecule has 0 spiro atoms. The van der Waals surface area contributed by atoms with Crippen molar-refractivity contribution in [1.29, 1.82) is 0 Å².